The lowest BCUT2D eigenvalue weighted by Gasteiger charge is -2.33. The minimum atomic E-state index is -0.558. The van der Waals surface area contributed by atoms with E-state index in [0.29, 0.717) is 28.0 Å². The van der Waals surface area contributed by atoms with Crippen LogP contribution in [0, 0.1) is 5.92 Å². The van der Waals surface area contributed by atoms with E-state index in [1.807, 2.05) is 0 Å². The van der Waals surface area contributed by atoms with Gasteiger partial charge in [-0.15, -0.1) is 0 Å². The molecule has 1 aliphatic heterocycles. The van der Waals surface area contributed by atoms with Gasteiger partial charge in [-0.2, -0.15) is 0 Å². The quantitative estimate of drug-likeness (QED) is 0.455. The molecule has 2 amide bonds. The zero-order valence-electron chi connectivity index (χ0n) is 18.5. The maximum atomic E-state index is 13.2. The van der Waals surface area contributed by atoms with Crippen molar-refractivity contribution in [3.8, 4) is 0 Å². The second-order valence-electron chi connectivity index (χ2n) is 8.84. The van der Waals surface area contributed by atoms with Crippen molar-refractivity contribution < 1.29 is 14.0 Å². The van der Waals surface area contributed by atoms with Crippen LogP contribution in [0.5, 0.6) is 0 Å². The van der Waals surface area contributed by atoms with Crippen molar-refractivity contribution in [3.05, 3.63) is 46.4 Å². The summed E-state index contributed by atoms with van der Waals surface area (Å²) in [6, 6.07) is 6.95. The highest BCUT2D eigenvalue weighted by Gasteiger charge is 2.32. The number of carbonyl (C=O) groups excluding carboxylic acids is 2. The van der Waals surface area contributed by atoms with E-state index in [-0.39, 0.29) is 28.4 Å². The van der Waals surface area contributed by atoms with Crippen LogP contribution in [-0.2, 0) is 4.79 Å². The van der Waals surface area contributed by atoms with Crippen LogP contribution < -0.4 is 10.6 Å². The molecule has 10 heteroatoms. The Morgan fingerprint density at radius 2 is 1.76 bits per heavy atom. The van der Waals surface area contributed by atoms with Crippen LogP contribution in [0.4, 0.5) is 11.5 Å². The number of halogens is 2. The van der Waals surface area contributed by atoms with Crippen molar-refractivity contribution in [3.63, 3.8) is 0 Å². The smallest absolute Gasteiger partial charge is 0.294 e. The largest absolute Gasteiger partial charge is 0.447 e. The van der Waals surface area contributed by atoms with E-state index < -0.39 is 5.91 Å². The lowest BCUT2D eigenvalue weighted by Crippen LogP contribution is -2.38. The number of likely N-dealkylation sites (tertiary alicyclic amines) is 1. The van der Waals surface area contributed by atoms with Gasteiger partial charge in [0.2, 0.25) is 11.7 Å². The number of fused-ring (bicyclic) bond motifs is 1. The zero-order chi connectivity index (χ0) is 23.7. The summed E-state index contributed by atoms with van der Waals surface area (Å²) < 4.78 is 5.78. The summed E-state index contributed by atoms with van der Waals surface area (Å²) in [5.74, 6) is -0.573. The predicted octanol–water partition coefficient (Wildman–Crippen LogP) is 5.38. The Labute approximate surface area is 207 Å². The molecule has 2 fully saturated rings. The number of carbonyl (C=O) groups is 2. The van der Waals surface area contributed by atoms with Gasteiger partial charge in [0.05, 0.1) is 5.02 Å². The average Bonchev–Trinajstić information content (AvgIpc) is 3.49. The van der Waals surface area contributed by atoms with Gasteiger partial charge in [-0.05, 0) is 75.9 Å². The summed E-state index contributed by atoms with van der Waals surface area (Å²) in [7, 11) is 0. The van der Waals surface area contributed by atoms with E-state index in [4.69, 9.17) is 27.6 Å². The maximum Gasteiger partial charge on any atom is 0.294 e. The molecule has 0 atom stereocenters. The van der Waals surface area contributed by atoms with Gasteiger partial charge in [-0.1, -0.05) is 23.2 Å². The van der Waals surface area contributed by atoms with Gasteiger partial charge < -0.3 is 20.0 Å². The monoisotopic (exact) mass is 501 g/mol. The molecule has 178 valence electrons. The average molecular weight is 502 g/mol. The van der Waals surface area contributed by atoms with E-state index in [1.165, 1.54) is 19.0 Å². The van der Waals surface area contributed by atoms with E-state index in [9.17, 15) is 9.59 Å². The first kappa shape index (κ1) is 23.1. The minimum Gasteiger partial charge on any atom is -0.447 e. The number of rotatable bonds is 5. The highest BCUT2D eigenvalue weighted by molar-refractivity contribution is 6.30. The summed E-state index contributed by atoms with van der Waals surface area (Å²) >= 11 is 12.0. The Morgan fingerprint density at radius 1 is 1.00 bits per heavy atom. The molecule has 3 aromatic rings. The highest BCUT2D eigenvalue weighted by Crippen LogP contribution is 2.34. The summed E-state index contributed by atoms with van der Waals surface area (Å²) in [5, 5.41) is 6.28. The fraction of sp³-hybridized carbons (Fsp3) is 0.417. The fourth-order valence-corrected chi connectivity index (χ4v) is 5.15. The SMILES string of the molecule is O=C(Nc1ccc(Cl)cn1)c1oc2ccc(Cl)nc2c1NC(=O)[C@H]1CC[C@H](N2CCCC2)CC1. The van der Waals surface area contributed by atoms with Gasteiger partial charge >= 0.3 is 0 Å². The van der Waals surface area contributed by atoms with Crippen LogP contribution in [0.2, 0.25) is 10.2 Å². The Hall–Kier alpha value is -2.68. The minimum absolute atomic E-state index is 0.0550. The maximum absolute atomic E-state index is 13.2. The van der Waals surface area contributed by atoms with E-state index in [2.05, 4.69) is 25.5 Å². The van der Waals surface area contributed by atoms with E-state index >= 15 is 0 Å². The standard InChI is InChI=1S/C24H25Cl2N5O3/c25-15-5-10-19(27-13-15)29-24(33)22-21(20-17(34-22)8-9-18(26)28-20)30-23(32)14-3-6-16(7-4-14)31-11-1-2-12-31/h5,8-10,13-14,16H,1-4,6-7,11-12H2,(H,30,32)(H,27,29,33)/t14-,16-. The third kappa shape index (κ3) is 4.89. The molecule has 0 aromatic carbocycles. The van der Waals surface area contributed by atoms with Gasteiger partial charge in [0.25, 0.3) is 5.91 Å². The lowest BCUT2D eigenvalue weighted by molar-refractivity contribution is -0.121. The molecular formula is C24H25Cl2N5O3. The number of hydrogen-bond donors (Lipinski definition) is 2. The molecule has 5 rings (SSSR count). The molecule has 0 spiro atoms. The summed E-state index contributed by atoms with van der Waals surface area (Å²) in [5.41, 5.74) is 0.906. The molecule has 1 saturated heterocycles. The Kier molecular flexibility index (Phi) is 6.72. The van der Waals surface area contributed by atoms with Crippen molar-refractivity contribution in [2.24, 2.45) is 5.92 Å². The Balaban J connectivity index is 1.35. The summed E-state index contributed by atoms with van der Waals surface area (Å²) in [6.07, 6.45) is 7.59. The first-order chi connectivity index (χ1) is 16.5. The molecule has 4 heterocycles. The molecular weight excluding hydrogens is 477 g/mol. The molecule has 1 aliphatic carbocycles. The van der Waals surface area contributed by atoms with Crippen LogP contribution in [0.3, 0.4) is 0 Å². The Morgan fingerprint density at radius 3 is 2.47 bits per heavy atom. The fourth-order valence-electron chi connectivity index (χ4n) is 4.89. The highest BCUT2D eigenvalue weighted by atomic mass is 35.5. The van der Waals surface area contributed by atoms with Crippen LogP contribution in [0.15, 0.2) is 34.9 Å². The van der Waals surface area contributed by atoms with Crippen molar-refractivity contribution in [2.75, 3.05) is 23.7 Å². The van der Waals surface area contributed by atoms with Crippen LogP contribution in [-0.4, -0.2) is 45.8 Å². The van der Waals surface area contributed by atoms with Crippen molar-refractivity contribution >= 4 is 57.6 Å². The van der Waals surface area contributed by atoms with Crippen molar-refractivity contribution in [1.82, 2.24) is 14.9 Å². The van der Waals surface area contributed by atoms with E-state index in [1.54, 1.807) is 24.3 Å². The summed E-state index contributed by atoms with van der Waals surface area (Å²) in [4.78, 5) is 37.2. The Bertz CT molecular complexity index is 1200. The van der Waals surface area contributed by atoms with Crippen LogP contribution in [0.25, 0.3) is 11.1 Å². The van der Waals surface area contributed by atoms with Gasteiger partial charge in [-0.3, -0.25) is 9.59 Å². The van der Waals surface area contributed by atoms with Gasteiger partial charge in [-0.25, -0.2) is 9.97 Å². The molecule has 0 unspecified atom stereocenters. The normalized spacial score (nSPS) is 21.0. The van der Waals surface area contributed by atoms with E-state index in [0.717, 1.165) is 38.8 Å². The lowest BCUT2D eigenvalue weighted by atomic mass is 9.85. The molecule has 2 N–H and O–H groups in total. The second kappa shape index (κ2) is 9.90. The number of hydrogen-bond acceptors (Lipinski definition) is 6. The summed E-state index contributed by atoms with van der Waals surface area (Å²) in [6.45, 7) is 2.33. The number of nitrogens with zero attached hydrogens (tertiary/aromatic N) is 3. The molecule has 1 saturated carbocycles. The first-order valence-electron chi connectivity index (χ1n) is 11.5. The zero-order valence-corrected chi connectivity index (χ0v) is 20.0. The molecule has 0 bridgehead atoms. The number of furan rings is 1. The first-order valence-corrected chi connectivity index (χ1v) is 12.3. The molecule has 34 heavy (non-hydrogen) atoms. The number of nitrogens with one attached hydrogen (secondary N) is 2. The molecule has 8 nitrogen and oxygen atoms in total. The third-order valence-corrected chi connectivity index (χ3v) is 7.08. The van der Waals surface area contributed by atoms with Crippen molar-refractivity contribution in [1.29, 1.82) is 0 Å². The van der Waals surface area contributed by atoms with Crippen LogP contribution in [0.1, 0.15) is 49.1 Å². The number of amides is 2. The molecule has 2 aliphatic rings. The molecule has 0 radical (unpaired) electrons. The van der Waals surface area contributed by atoms with Gasteiger partial charge in [0, 0.05) is 18.2 Å². The van der Waals surface area contributed by atoms with Crippen molar-refractivity contribution in [2.45, 2.75) is 44.6 Å². The van der Waals surface area contributed by atoms with Crippen LogP contribution >= 0.6 is 23.2 Å². The number of anilines is 2. The molecule has 3 aromatic heterocycles. The number of aromatic nitrogens is 2. The third-order valence-electron chi connectivity index (χ3n) is 6.65. The number of pyridine rings is 2. The topological polar surface area (TPSA) is 100 Å². The van der Waals surface area contributed by atoms with Gasteiger partial charge in [0.1, 0.15) is 22.2 Å². The predicted molar refractivity (Wildman–Crippen MR) is 131 cm³/mol. The van der Waals surface area contributed by atoms with Gasteiger partial charge in [0.15, 0.2) is 5.58 Å². The second-order valence-corrected chi connectivity index (χ2v) is 9.66.